The Morgan fingerprint density at radius 2 is 1.88 bits per heavy atom. The minimum Gasteiger partial charge on any atom is -0.422 e. The third kappa shape index (κ3) is 2.87. The van der Waals surface area contributed by atoms with Gasteiger partial charge in [-0.15, -0.1) is 10.2 Å². The first kappa shape index (κ1) is 15.8. The van der Waals surface area contributed by atoms with Gasteiger partial charge in [-0.25, -0.2) is 0 Å². The normalized spacial score (nSPS) is 11.3. The molecule has 6 heteroatoms. The number of aryl methyl sites for hydroxylation is 2. The molecule has 0 saturated carbocycles. The minimum atomic E-state index is 0.459. The molecule has 0 spiro atoms. The fraction of sp³-hybridized carbons (Fsp3) is 0.100. The summed E-state index contributed by atoms with van der Waals surface area (Å²) in [5.41, 5.74) is 5.55. The van der Waals surface area contributed by atoms with E-state index >= 15 is 0 Å². The average molecular weight is 341 g/mol. The van der Waals surface area contributed by atoms with Gasteiger partial charge < -0.3 is 8.98 Å². The standard InChI is InChI=1S/C20H15N5O/c1-13-9-18-19(25(13)17-6-3-15(11-21)4-7-17)10-16(12-22-18)5-8-20-24-23-14(2)26-20/h3-10,12H,1-2H3/b8-5+. The summed E-state index contributed by atoms with van der Waals surface area (Å²) in [6.45, 7) is 3.79. The van der Waals surface area contributed by atoms with Gasteiger partial charge in [0, 0.05) is 30.6 Å². The second kappa shape index (κ2) is 6.30. The molecular formula is C20H15N5O. The van der Waals surface area contributed by atoms with Gasteiger partial charge in [0.05, 0.1) is 22.7 Å². The summed E-state index contributed by atoms with van der Waals surface area (Å²) in [4.78, 5) is 4.55. The molecule has 4 rings (SSSR count). The lowest BCUT2D eigenvalue weighted by molar-refractivity contribution is 0.510. The number of fused-ring (bicyclic) bond motifs is 1. The zero-order valence-corrected chi connectivity index (χ0v) is 14.3. The first-order valence-electron chi connectivity index (χ1n) is 8.11. The number of hydrogen-bond acceptors (Lipinski definition) is 5. The Kier molecular flexibility index (Phi) is 3.82. The van der Waals surface area contributed by atoms with E-state index in [4.69, 9.17) is 9.68 Å². The summed E-state index contributed by atoms with van der Waals surface area (Å²) in [5.74, 6) is 0.991. The number of nitriles is 1. The van der Waals surface area contributed by atoms with Crippen molar-refractivity contribution >= 4 is 23.2 Å². The Labute approximate surface area is 150 Å². The molecule has 0 bridgehead atoms. The zero-order chi connectivity index (χ0) is 18.1. The second-order valence-electron chi connectivity index (χ2n) is 5.95. The molecule has 0 unspecified atom stereocenters. The summed E-state index contributed by atoms with van der Waals surface area (Å²) in [7, 11) is 0. The van der Waals surface area contributed by atoms with E-state index in [2.05, 4.69) is 31.9 Å². The van der Waals surface area contributed by atoms with Gasteiger partial charge in [0.2, 0.25) is 11.8 Å². The first-order chi connectivity index (χ1) is 12.6. The highest BCUT2D eigenvalue weighted by Crippen LogP contribution is 2.24. The van der Waals surface area contributed by atoms with Crippen LogP contribution in [-0.2, 0) is 0 Å². The Morgan fingerprint density at radius 3 is 2.58 bits per heavy atom. The summed E-state index contributed by atoms with van der Waals surface area (Å²) >= 11 is 0. The topological polar surface area (TPSA) is 80.5 Å². The Balaban J connectivity index is 1.77. The summed E-state index contributed by atoms with van der Waals surface area (Å²) < 4.78 is 7.47. The lowest BCUT2D eigenvalue weighted by atomic mass is 10.2. The molecule has 26 heavy (non-hydrogen) atoms. The largest absolute Gasteiger partial charge is 0.422 e. The van der Waals surface area contributed by atoms with E-state index in [0.717, 1.165) is 28.0 Å². The molecule has 0 fully saturated rings. The Bertz CT molecular complexity index is 1160. The van der Waals surface area contributed by atoms with Crippen LogP contribution in [0, 0.1) is 25.2 Å². The smallest absolute Gasteiger partial charge is 0.240 e. The van der Waals surface area contributed by atoms with E-state index < -0.39 is 0 Å². The third-order valence-corrected chi connectivity index (χ3v) is 4.07. The van der Waals surface area contributed by atoms with Gasteiger partial charge in [-0.05, 0) is 55.0 Å². The molecule has 1 aromatic carbocycles. The van der Waals surface area contributed by atoms with Gasteiger partial charge >= 0.3 is 0 Å². The molecule has 126 valence electrons. The maximum atomic E-state index is 8.98. The van der Waals surface area contributed by atoms with Crippen molar-refractivity contribution in [3.05, 3.63) is 71.2 Å². The molecule has 0 aliphatic heterocycles. The van der Waals surface area contributed by atoms with Crippen LogP contribution in [0.5, 0.6) is 0 Å². The molecular weight excluding hydrogens is 326 g/mol. The average Bonchev–Trinajstić information content (AvgIpc) is 3.21. The molecule has 6 nitrogen and oxygen atoms in total. The number of aromatic nitrogens is 4. The van der Waals surface area contributed by atoms with Crippen LogP contribution < -0.4 is 0 Å². The van der Waals surface area contributed by atoms with Crippen LogP contribution in [0.4, 0.5) is 0 Å². The van der Waals surface area contributed by atoms with Crippen molar-refractivity contribution in [2.24, 2.45) is 0 Å². The van der Waals surface area contributed by atoms with Crippen molar-refractivity contribution in [1.29, 1.82) is 5.26 Å². The number of pyridine rings is 1. The summed E-state index contributed by atoms with van der Waals surface area (Å²) in [5, 5.41) is 16.7. The van der Waals surface area contributed by atoms with Crippen molar-refractivity contribution in [2.75, 3.05) is 0 Å². The Morgan fingerprint density at radius 1 is 1.08 bits per heavy atom. The number of nitrogens with zero attached hydrogens (tertiary/aromatic N) is 5. The molecule has 0 aliphatic rings. The van der Waals surface area contributed by atoms with Gasteiger partial charge in [-0.3, -0.25) is 4.98 Å². The highest BCUT2D eigenvalue weighted by Gasteiger charge is 2.09. The fourth-order valence-corrected chi connectivity index (χ4v) is 2.89. The quantitative estimate of drug-likeness (QED) is 0.561. The molecule has 0 saturated heterocycles. The van der Waals surface area contributed by atoms with E-state index in [1.54, 1.807) is 13.0 Å². The number of benzene rings is 1. The lowest BCUT2D eigenvalue weighted by Gasteiger charge is -2.08. The van der Waals surface area contributed by atoms with Crippen LogP contribution >= 0.6 is 0 Å². The SMILES string of the molecule is Cc1nnc(/C=C/c2cnc3cc(C)n(-c4ccc(C#N)cc4)c3c2)o1. The highest BCUT2D eigenvalue weighted by molar-refractivity contribution is 5.82. The van der Waals surface area contributed by atoms with Crippen LogP contribution in [0.1, 0.15) is 28.6 Å². The van der Waals surface area contributed by atoms with E-state index in [0.29, 0.717) is 17.3 Å². The van der Waals surface area contributed by atoms with Crippen LogP contribution in [0.2, 0.25) is 0 Å². The monoisotopic (exact) mass is 341 g/mol. The maximum absolute atomic E-state index is 8.98. The van der Waals surface area contributed by atoms with Crippen molar-refractivity contribution < 1.29 is 4.42 Å². The van der Waals surface area contributed by atoms with Crippen LogP contribution in [0.25, 0.3) is 28.9 Å². The first-order valence-corrected chi connectivity index (χ1v) is 8.11. The van der Waals surface area contributed by atoms with Gasteiger partial charge in [0.1, 0.15) is 0 Å². The predicted octanol–water partition coefficient (Wildman–Crippen LogP) is 4.07. The summed E-state index contributed by atoms with van der Waals surface area (Å²) in [6, 6.07) is 13.8. The lowest BCUT2D eigenvalue weighted by Crippen LogP contribution is -1.96. The molecule has 3 heterocycles. The maximum Gasteiger partial charge on any atom is 0.240 e. The molecule has 0 N–H and O–H groups in total. The minimum absolute atomic E-state index is 0.459. The number of hydrogen-bond donors (Lipinski definition) is 0. The van der Waals surface area contributed by atoms with Crippen molar-refractivity contribution in [1.82, 2.24) is 19.7 Å². The highest BCUT2D eigenvalue weighted by atomic mass is 16.4. The molecule has 4 aromatic rings. The van der Waals surface area contributed by atoms with E-state index in [-0.39, 0.29) is 0 Å². The molecule has 0 aliphatic carbocycles. The van der Waals surface area contributed by atoms with Gasteiger partial charge in [-0.1, -0.05) is 0 Å². The van der Waals surface area contributed by atoms with Crippen molar-refractivity contribution in [2.45, 2.75) is 13.8 Å². The van der Waals surface area contributed by atoms with E-state index in [9.17, 15) is 0 Å². The van der Waals surface area contributed by atoms with E-state index in [1.165, 1.54) is 0 Å². The predicted molar refractivity (Wildman–Crippen MR) is 98.5 cm³/mol. The molecule has 0 atom stereocenters. The third-order valence-electron chi connectivity index (χ3n) is 4.07. The molecule has 0 radical (unpaired) electrons. The van der Waals surface area contributed by atoms with Crippen LogP contribution in [0.3, 0.4) is 0 Å². The Hall–Kier alpha value is -3.72. The van der Waals surface area contributed by atoms with Gasteiger partial charge in [0.15, 0.2) is 0 Å². The van der Waals surface area contributed by atoms with Crippen molar-refractivity contribution in [3.63, 3.8) is 0 Å². The molecule has 0 amide bonds. The summed E-state index contributed by atoms with van der Waals surface area (Å²) in [6.07, 6.45) is 5.47. The van der Waals surface area contributed by atoms with Gasteiger partial charge in [-0.2, -0.15) is 5.26 Å². The molecule has 3 aromatic heterocycles. The second-order valence-corrected chi connectivity index (χ2v) is 5.95. The van der Waals surface area contributed by atoms with Crippen LogP contribution in [-0.4, -0.2) is 19.7 Å². The van der Waals surface area contributed by atoms with Crippen molar-refractivity contribution in [3.8, 4) is 11.8 Å². The van der Waals surface area contributed by atoms with E-state index in [1.807, 2.05) is 49.5 Å². The van der Waals surface area contributed by atoms with Crippen LogP contribution in [0.15, 0.2) is 47.0 Å². The van der Waals surface area contributed by atoms with Gasteiger partial charge in [0.25, 0.3) is 0 Å². The fourth-order valence-electron chi connectivity index (χ4n) is 2.89. The zero-order valence-electron chi connectivity index (χ0n) is 14.3. The number of rotatable bonds is 3.